The van der Waals surface area contributed by atoms with Gasteiger partial charge in [0.15, 0.2) is 0 Å². The Balaban J connectivity index is 0.000000148. The number of furan rings is 4. The molecule has 8 aromatic heterocycles. The molecule has 0 saturated carbocycles. The minimum atomic E-state index is -1.66. The molecule has 0 spiro atoms. The first-order valence-electron chi connectivity index (χ1n) is 31.3. The van der Waals surface area contributed by atoms with E-state index in [0.29, 0.717) is 0 Å². The van der Waals surface area contributed by atoms with Gasteiger partial charge in [-0.05, 0) is 70.4 Å². The topological polar surface area (TPSA) is 104 Å². The molecular weight excluding hydrogens is 1960 g/mol. The quantitative estimate of drug-likeness (QED) is 0.109. The molecule has 4 radical (unpaired) electrons. The maximum Gasteiger partial charge on any atom is 0.135 e. The summed E-state index contributed by atoms with van der Waals surface area (Å²) < 4.78 is 24.3. The number of pyridine rings is 4. The third-order valence-corrected chi connectivity index (χ3v) is 24.2. The van der Waals surface area contributed by atoms with E-state index in [9.17, 15) is 0 Å². The second-order valence-electron chi connectivity index (χ2n) is 27.5. The van der Waals surface area contributed by atoms with Crippen molar-refractivity contribution in [2.24, 2.45) is 0 Å². The minimum absolute atomic E-state index is 0. The molecule has 16 aromatic rings. The van der Waals surface area contributed by atoms with Crippen molar-refractivity contribution in [3.05, 3.63) is 243 Å². The molecule has 0 saturated heterocycles. The van der Waals surface area contributed by atoms with E-state index in [4.69, 9.17) is 27.6 Å². The minimum Gasteiger partial charge on any atom is -0.457 e. The van der Waals surface area contributed by atoms with E-state index in [1.807, 2.05) is 146 Å². The molecule has 16 heteroatoms. The van der Waals surface area contributed by atoms with E-state index >= 15 is 0 Å². The summed E-state index contributed by atoms with van der Waals surface area (Å²) in [5.74, 6) is 0. The largest absolute Gasteiger partial charge is 0.457 e. The summed E-state index contributed by atoms with van der Waals surface area (Å²) in [7, 11) is -5.97. The van der Waals surface area contributed by atoms with Crippen LogP contribution >= 0.6 is 0 Å². The molecule has 0 aliphatic carbocycles. The zero-order valence-corrected chi connectivity index (χ0v) is 69.1. The summed E-state index contributed by atoms with van der Waals surface area (Å²) in [6.07, 6.45) is 5.75. The normalized spacial score (nSPS) is 11.6. The predicted molar refractivity (Wildman–Crippen MR) is 395 cm³/mol. The fourth-order valence-electron chi connectivity index (χ4n) is 11.7. The average molecular weight is 2030 g/mol. The molecule has 0 atom stereocenters. The van der Waals surface area contributed by atoms with Gasteiger partial charge in [-0.15, -0.1) is 142 Å². The summed E-state index contributed by atoms with van der Waals surface area (Å²) in [6.45, 7) is 28.0. The van der Waals surface area contributed by atoms with Crippen molar-refractivity contribution in [1.82, 2.24) is 19.9 Å². The number of aromatic nitrogens is 4. The number of benzene rings is 8. The van der Waals surface area contributed by atoms with Gasteiger partial charge in [-0.1, -0.05) is 151 Å². The third kappa shape index (κ3) is 15.5. The number of nitrogens with zero attached hydrogens (tertiary/aromatic N) is 4. The molecule has 0 fully saturated rings. The van der Waals surface area contributed by atoms with Gasteiger partial charge in [0, 0.05) is 155 Å². The van der Waals surface area contributed by atoms with E-state index in [1.165, 1.54) is 26.3 Å². The Morgan fingerprint density at radius 3 is 1.30 bits per heavy atom. The summed E-state index contributed by atoms with van der Waals surface area (Å²) >= 11 is 0. The first-order valence-corrected chi connectivity index (χ1v) is 45.3. The van der Waals surface area contributed by atoms with Crippen LogP contribution in [0.5, 0.6) is 0 Å². The van der Waals surface area contributed by atoms with Crippen molar-refractivity contribution in [2.45, 2.75) is 78.6 Å². The van der Waals surface area contributed by atoms with Crippen molar-refractivity contribution in [2.75, 3.05) is 0 Å². The maximum absolute atomic E-state index is 6.25. The SMILES string of the molecule is C[Si](C)(C)c1[c-]c(-c2cc3oc4ccccc4c3cn2)ccc1.C[Si](C)(C)c1c(-c2[c-]cccc2)ncc2c1oc1ccccc12.C[Si](C)(C)c1c[c-]c(-c2cc3oc4ccccc4c3cn2)cc1.C[Si](C)(C)c1nc(-c2[c-]cccc2)cc2oc3ccccc3c12.[Ir].[Ir].[Ir].[Ir]. The van der Waals surface area contributed by atoms with Crippen molar-refractivity contribution < 1.29 is 98.1 Å². The molecule has 0 aliphatic heterocycles. The number of rotatable bonds is 8. The van der Waals surface area contributed by atoms with Gasteiger partial charge in [0.2, 0.25) is 0 Å². The summed E-state index contributed by atoms with van der Waals surface area (Å²) in [6, 6.07) is 80.9. The molecule has 492 valence electrons. The van der Waals surface area contributed by atoms with Gasteiger partial charge >= 0.3 is 0 Å². The maximum atomic E-state index is 6.25. The van der Waals surface area contributed by atoms with Crippen LogP contribution in [-0.2, 0) is 80.4 Å². The standard InChI is InChI=1S/4C20H18NOSi.4Ir/c1-23(2,3)15-8-6-7-14(11-15)18-12-20-17(13-21-18)16-9-4-5-10-19(16)22-20;1-23(2,3)20-18(14-9-5-4-6-10-14)21-13-16-15-11-7-8-12-17(15)22-19(16)20;1-23(2,3)20-19-15-11-7-8-12-17(15)22-18(19)13-16(21-20)14-9-5-4-6-10-14;1-23(2,3)15-10-8-14(9-11-15)18-12-20-17(13-21-18)16-6-4-5-7-19(16)22-20;;;;/h4-10,12-13H,1-3H3;2*4-9,11-13H,1-3H3;4-8,10-13H,1-3H3;;;;/q4*-1;;;;. The van der Waals surface area contributed by atoms with E-state index in [2.05, 4.69) is 186 Å². The second-order valence-corrected chi connectivity index (χ2v) is 47.6. The first kappa shape index (κ1) is 73.3. The number of para-hydroxylation sites is 4. The third-order valence-electron chi connectivity index (χ3n) is 16.5. The Morgan fingerprint density at radius 1 is 0.333 bits per heavy atom. The molecule has 8 aromatic carbocycles. The van der Waals surface area contributed by atoms with Crippen LogP contribution in [0, 0.1) is 24.3 Å². The molecule has 8 heterocycles. The average Bonchev–Trinajstić information content (AvgIpc) is 1.56. The van der Waals surface area contributed by atoms with E-state index < -0.39 is 32.3 Å². The Morgan fingerprint density at radius 2 is 0.792 bits per heavy atom. The van der Waals surface area contributed by atoms with Crippen LogP contribution in [-0.4, -0.2) is 52.2 Å². The van der Waals surface area contributed by atoms with Gasteiger partial charge in [-0.25, -0.2) is 0 Å². The molecule has 96 heavy (non-hydrogen) atoms. The molecule has 0 amide bonds. The fourth-order valence-corrected chi connectivity index (χ4v) is 17.2. The van der Waals surface area contributed by atoms with Crippen molar-refractivity contribution in [1.29, 1.82) is 0 Å². The van der Waals surface area contributed by atoms with Crippen LogP contribution in [0.3, 0.4) is 0 Å². The van der Waals surface area contributed by atoms with Crippen LogP contribution in [0.25, 0.3) is 133 Å². The van der Waals surface area contributed by atoms with Gasteiger partial charge in [-0.3, -0.25) is 0 Å². The van der Waals surface area contributed by atoms with Crippen LogP contribution < -0.4 is 20.9 Å². The van der Waals surface area contributed by atoms with Gasteiger partial charge in [0.1, 0.15) is 52.7 Å². The van der Waals surface area contributed by atoms with Crippen molar-refractivity contribution in [3.8, 4) is 45.0 Å². The molecule has 0 bridgehead atoms. The zero-order chi connectivity index (χ0) is 64.1. The Labute approximate surface area is 619 Å². The van der Waals surface area contributed by atoms with Gasteiger partial charge in [0.25, 0.3) is 0 Å². The molecule has 8 nitrogen and oxygen atoms in total. The molecule has 0 N–H and O–H groups in total. The number of hydrogen-bond acceptors (Lipinski definition) is 8. The van der Waals surface area contributed by atoms with E-state index in [-0.39, 0.29) is 80.4 Å². The number of fused-ring (bicyclic) bond motifs is 12. The van der Waals surface area contributed by atoms with Gasteiger partial charge < -0.3 is 37.6 Å². The van der Waals surface area contributed by atoms with E-state index in [0.717, 1.165) is 127 Å². The Hall–Kier alpha value is -6.98. The van der Waals surface area contributed by atoms with Crippen LogP contribution in [0.15, 0.2) is 236 Å². The smallest absolute Gasteiger partial charge is 0.135 e. The van der Waals surface area contributed by atoms with Crippen LogP contribution in [0.1, 0.15) is 0 Å². The summed E-state index contributed by atoms with van der Waals surface area (Å²) in [5, 5.41) is 14.1. The van der Waals surface area contributed by atoms with Crippen LogP contribution in [0.2, 0.25) is 78.6 Å². The van der Waals surface area contributed by atoms with Gasteiger partial charge in [0.05, 0.1) is 16.1 Å². The molecule has 0 unspecified atom stereocenters. The van der Waals surface area contributed by atoms with E-state index in [1.54, 1.807) is 0 Å². The molecular formula is C80H72Ir4N4O4Si4-4. The molecule has 16 rings (SSSR count). The van der Waals surface area contributed by atoms with Crippen molar-refractivity contribution >= 4 is 141 Å². The summed E-state index contributed by atoms with van der Waals surface area (Å²) in [5.41, 5.74) is 15.2. The summed E-state index contributed by atoms with van der Waals surface area (Å²) in [4.78, 5) is 19.1. The Kier molecular flexibility index (Phi) is 22.9. The van der Waals surface area contributed by atoms with Gasteiger partial charge in [-0.2, -0.15) is 0 Å². The fraction of sp³-hybridized carbons (Fsp3) is 0.150. The predicted octanol–water partition coefficient (Wildman–Crippen LogP) is 20.0. The monoisotopic (exact) mass is 2040 g/mol. The second kappa shape index (κ2) is 30.0. The van der Waals surface area contributed by atoms with Crippen molar-refractivity contribution in [3.63, 3.8) is 0 Å². The first-order chi connectivity index (χ1) is 44.1. The van der Waals surface area contributed by atoms with Crippen LogP contribution in [0.4, 0.5) is 0 Å². The number of hydrogen-bond donors (Lipinski definition) is 0. The zero-order valence-electron chi connectivity index (χ0n) is 55.5. The molecule has 0 aliphatic rings. The Bertz CT molecular complexity index is 5350.